The third kappa shape index (κ3) is 5.42. The zero-order valence-corrected chi connectivity index (χ0v) is 17.5. The zero-order chi connectivity index (χ0) is 22.8. The minimum Gasteiger partial charge on any atom is -0.457 e. The number of hydrogen-bond donors (Lipinski definition) is 1. The highest BCUT2D eigenvalue weighted by Gasteiger charge is 2.31. The molecule has 1 N–H and O–H groups in total. The summed E-state index contributed by atoms with van der Waals surface area (Å²) in [5.41, 5.74) is -0.996. The van der Waals surface area contributed by atoms with Gasteiger partial charge in [0.2, 0.25) is 0 Å². The Morgan fingerprint density at radius 1 is 1.03 bits per heavy atom. The summed E-state index contributed by atoms with van der Waals surface area (Å²) in [6.07, 6.45) is -3.42. The van der Waals surface area contributed by atoms with Crippen LogP contribution >= 0.6 is 34.8 Å². The molecule has 0 aliphatic carbocycles. The maximum absolute atomic E-state index is 13.0. The van der Waals surface area contributed by atoms with Crippen molar-refractivity contribution in [3.8, 4) is 17.4 Å². The Labute approximate surface area is 189 Å². The molecule has 2 aromatic carbocycles. The van der Waals surface area contributed by atoms with Crippen LogP contribution in [0.3, 0.4) is 0 Å². The van der Waals surface area contributed by atoms with Crippen LogP contribution in [0, 0.1) is 11.3 Å². The van der Waals surface area contributed by atoms with E-state index < -0.39 is 17.6 Å². The number of carbonyl (C=O) groups is 1. The van der Waals surface area contributed by atoms with Crippen molar-refractivity contribution in [1.82, 2.24) is 0 Å². The number of hydrogen-bond acceptors (Lipinski definition) is 3. The second-order valence-electron chi connectivity index (χ2n) is 6.14. The molecule has 1 amide bonds. The van der Waals surface area contributed by atoms with E-state index in [0.29, 0.717) is 5.02 Å². The molecule has 3 rings (SSSR count). The molecule has 1 aromatic heterocycles. The number of alkyl halides is 3. The molecule has 10 heteroatoms. The van der Waals surface area contributed by atoms with Crippen molar-refractivity contribution in [2.24, 2.45) is 0 Å². The van der Waals surface area contributed by atoms with E-state index in [1.165, 1.54) is 30.3 Å². The summed E-state index contributed by atoms with van der Waals surface area (Å²) < 4.78 is 44.4. The first-order chi connectivity index (χ1) is 14.6. The summed E-state index contributed by atoms with van der Waals surface area (Å²) in [5.74, 6) is -0.674. The quantitative estimate of drug-likeness (QED) is 0.308. The van der Waals surface area contributed by atoms with Gasteiger partial charge in [-0.3, -0.25) is 4.79 Å². The van der Waals surface area contributed by atoms with Gasteiger partial charge in [-0.25, -0.2) is 0 Å². The van der Waals surface area contributed by atoms with Crippen LogP contribution in [-0.4, -0.2) is 5.91 Å². The number of halogens is 6. The molecule has 1 heterocycles. The molecule has 0 unspecified atom stereocenters. The lowest BCUT2D eigenvalue weighted by Crippen LogP contribution is -2.13. The molecule has 0 radical (unpaired) electrons. The van der Waals surface area contributed by atoms with E-state index in [2.05, 4.69) is 5.32 Å². The van der Waals surface area contributed by atoms with Gasteiger partial charge < -0.3 is 9.73 Å². The second kappa shape index (κ2) is 9.06. The maximum Gasteiger partial charge on any atom is 0.416 e. The van der Waals surface area contributed by atoms with Gasteiger partial charge in [-0.15, -0.1) is 0 Å². The standard InChI is InChI=1S/C21H10Cl3F3N2O2/c22-13-2-5-17(24)18(9-13)29-20(30)11(10-28)7-14-3-6-19(31-14)15-8-12(21(25,26)27)1-4-16(15)23/h1-9H,(H,29,30). The number of anilines is 1. The fraction of sp³-hybridized carbons (Fsp3) is 0.0476. The van der Waals surface area contributed by atoms with Crippen LogP contribution in [0.25, 0.3) is 17.4 Å². The summed E-state index contributed by atoms with van der Waals surface area (Å²) in [5, 5.41) is 12.4. The van der Waals surface area contributed by atoms with E-state index in [1.54, 1.807) is 6.07 Å². The first-order valence-corrected chi connectivity index (χ1v) is 9.57. The van der Waals surface area contributed by atoms with Crippen molar-refractivity contribution in [3.05, 3.63) is 80.5 Å². The van der Waals surface area contributed by atoms with Gasteiger partial charge in [0.05, 0.1) is 21.3 Å². The van der Waals surface area contributed by atoms with E-state index in [-0.39, 0.29) is 38.4 Å². The van der Waals surface area contributed by atoms with Gasteiger partial charge in [0.1, 0.15) is 23.2 Å². The Bertz CT molecular complexity index is 1230. The highest BCUT2D eigenvalue weighted by Crippen LogP contribution is 2.36. The van der Waals surface area contributed by atoms with Crippen LogP contribution < -0.4 is 5.32 Å². The molecule has 0 fully saturated rings. The molecule has 0 bridgehead atoms. The van der Waals surface area contributed by atoms with Crippen molar-refractivity contribution in [3.63, 3.8) is 0 Å². The van der Waals surface area contributed by atoms with Crippen molar-refractivity contribution in [2.75, 3.05) is 5.32 Å². The highest BCUT2D eigenvalue weighted by atomic mass is 35.5. The molecule has 0 aliphatic rings. The van der Waals surface area contributed by atoms with E-state index in [1.807, 2.05) is 0 Å². The number of furan rings is 1. The SMILES string of the molecule is N#CC(=Cc1ccc(-c2cc(C(F)(F)F)ccc2Cl)o1)C(=O)Nc1cc(Cl)ccc1Cl. The molecule has 0 atom stereocenters. The van der Waals surface area contributed by atoms with Crippen LogP contribution in [0.1, 0.15) is 11.3 Å². The van der Waals surface area contributed by atoms with Crippen LogP contribution in [0.4, 0.5) is 18.9 Å². The van der Waals surface area contributed by atoms with E-state index in [0.717, 1.165) is 24.3 Å². The molecule has 3 aromatic rings. The largest absolute Gasteiger partial charge is 0.457 e. The summed E-state index contributed by atoms with van der Waals surface area (Å²) in [4.78, 5) is 12.4. The van der Waals surface area contributed by atoms with E-state index >= 15 is 0 Å². The summed E-state index contributed by atoms with van der Waals surface area (Å²) in [6.45, 7) is 0. The van der Waals surface area contributed by atoms with Gasteiger partial charge in [0.15, 0.2) is 0 Å². The lowest BCUT2D eigenvalue weighted by Gasteiger charge is -2.09. The number of nitriles is 1. The second-order valence-corrected chi connectivity index (χ2v) is 7.39. The molecule has 0 saturated heterocycles. The Morgan fingerprint density at radius 3 is 2.42 bits per heavy atom. The van der Waals surface area contributed by atoms with Crippen molar-refractivity contribution >= 4 is 52.5 Å². The first-order valence-electron chi connectivity index (χ1n) is 8.43. The summed E-state index contributed by atoms with van der Waals surface area (Å²) in [6, 6.07) is 11.8. The number of benzene rings is 2. The predicted octanol–water partition coefficient (Wildman–Crippen LogP) is 7.47. The number of rotatable bonds is 4. The molecule has 4 nitrogen and oxygen atoms in total. The number of nitrogens with one attached hydrogen (secondary N) is 1. The van der Waals surface area contributed by atoms with Gasteiger partial charge in [-0.1, -0.05) is 34.8 Å². The van der Waals surface area contributed by atoms with E-state index in [4.69, 9.17) is 39.2 Å². The first kappa shape index (κ1) is 22.8. The van der Waals surface area contributed by atoms with Crippen molar-refractivity contribution in [2.45, 2.75) is 6.18 Å². The summed E-state index contributed by atoms with van der Waals surface area (Å²) in [7, 11) is 0. The fourth-order valence-electron chi connectivity index (χ4n) is 2.54. The topological polar surface area (TPSA) is 66.0 Å². The monoisotopic (exact) mass is 484 g/mol. The number of amides is 1. The van der Waals surface area contributed by atoms with Crippen LogP contribution in [0.15, 0.2) is 58.5 Å². The van der Waals surface area contributed by atoms with Gasteiger partial charge >= 0.3 is 6.18 Å². The third-order valence-corrected chi connectivity index (χ3v) is 4.91. The van der Waals surface area contributed by atoms with Crippen molar-refractivity contribution < 1.29 is 22.4 Å². The molecule has 0 aliphatic heterocycles. The molecular formula is C21H10Cl3F3N2O2. The Balaban J connectivity index is 1.88. The molecule has 31 heavy (non-hydrogen) atoms. The van der Waals surface area contributed by atoms with Crippen molar-refractivity contribution in [1.29, 1.82) is 5.26 Å². The summed E-state index contributed by atoms with van der Waals surface area (Å²) >= 11 is 17.9. The van der Waals surface area contributed by atoms with Crippen LogP contribution in [0.2, 0.25) is 15.1 Å². The fourth-order valence-corrected chi connectivity index (χ4v) is 3.09. The maximum atomic E-state index is 13.0. The Kier molecular flexibility index (Phi) is 6.65. The minimum absolute atomic E-state index is 0.0183. The molecule has 158 valence electrons. The van der Waals surface area contributed by atoms with Crippen LogP contribution in [-0.2, 0) is 11.0 Å². The lowest BCUT2D eigenvalue weighted by molar-refractivity contribution is -0.137. The highest BCUT2D eigenvalue weighted by molar-refractivity contribution is 6.36. The lowest BCUT2D eigenvalue weighted by atomic mass is 10.1. The van der Waals surface area contributed by atoms with E-state index in [9.17, 15) is 23.2 Å². The van der Waals surface area contributed by atoms with Gasteiger partial charge in [0, 0.05) is 16.7 Å². The van der Waals surface area contributed by atoms with Gasteiger partial charge in [-0.05, 0) is 48.5 Å². The predicted molar refractivity (Wildman–Crippen MR) is 113 cm³/mol. The number of nitrogens with zero attached hydrogens (tertiary/aromatic N) is 1. The molecule has 0 saturated carbocycles. The Morgan fingerprint density at radius 2 is 1.74 bits per heavy atom. The zero-order valence-electron chi connectivity index (χ0n) is 15.2. The number of carbonyl (C=O) groups excluding carboxylic acids is 1. The molecular weight excluding hydrogens is 476 g/mol. The molecule has 0 spiro atoms. The Hall–Kier alpha value is -2.92. The minimum atomic E-state index is -4.55. The van der Waals surface area contributed by atoms with Crippen LogP contribution in [0.5, 0.6) is 0 Å². The average Bonchev–Trinajstić information content (AvgIpc) is 3.16. The van der Waals surface area contributed by atoms with Gasteiger partial charge in [0.25, 0.3) is 5.91 Å². The average molecular weight is 486 g/mol. The smallest absolute Gasteiger partial charge is 0.416 e. The van der Waals surface area contributed by atoms with Gasteiger partial charge in [-0.2, -0.15) is 18.4 Å². The normalized spacial score (nSPS) is 11.8. The third-order valence-electron chi connectivity index (χ3n) is 4.01.